The van der Waals surface area contributed by atoms with Gasteiger partial charge in [0.2, 0.25) is 0 Å². The first-order valence-electron chi connectivity index (χ1n) is 8.99. The van der Waals surface area contributed by atoms with Crippen molar-refractivity contribution in [2.24, 2.45) is 0 Å². The predicted molar refractivity (Wildman–Crippen MR) is 111 cm³/mol. The van der Waals surface area contributed by atoms with Crippen LogP contribution in [0.1, 0.15) is 6.42 Å². The zero-order chi connectivity index (χ0) is 18.7. The summed E-state index contributed by atoms with van der Waals surface area (Å²) in [5.74, 6) is 0. The third-order valence-electron chi connectivity index (χ3n) is 5.68. The first kappa shape index (κ1) is 17.1. The molecule has 0 radical (unpaired) electrons. The van der Waals surface area contributed by atoms with Crippen LogP contribution in [0.3, 0.4) is 0 Å². The van der Waals surface area contributed by atoms with Crippen LogP contribution >= 0.6 is 22.1 Å². The van der Waals surface area contributed by atoms with Crippen LogP contribution in [-0.4, -0.2) is 58.0 Å². The van der Waals surface area contributed by atoms with Gasteiger partial charge in [-0.25, -0.2) is 9.69 Å². The number of fused-ring (bicyclic) bond motifs is 4. The van der Waals surface area contributed by atoms with Crippen LogP contribution < -0.4 is 4.90 Å². The smallest absolute Gasteiger partial charge is 0.408 e. The van der Waals surface area contributed by atoms with Gasteiger partial charge >= 0.3 is 6.09 Å². The number of carbonyl (C=O) groups is 1. The number of allylic oxidation sites excluding steroid dienone is 2. The summed E-state index contributed by atoms with van der Waals surface area (Å²) < 4.78 is 0. The molecule has 5 nitrogen and oxygen atoms in total. The van der Waals surface area contributed by atoms with Crippen molar-refractivity contribution in [3.63, 3.8) is 0 Å². The fourth-order valence-electron chi connectivity index (χ4n) is 4.45. The Morgan fingerprint density at radius 3 is 2.89 bits per heavy atom. The van der Waals surface area contributed by atoms with Gasteiger partial charge in [-0.1, -0.05) is 35.9 Å². The van der Waals surface area contributed by atoms with Gasteiger partial charge in [-0.05, 0) is 30.4 Å². The number of nitrogens with zero attached hydrogens (tertiary/aromatic N) is 3. The van der Waals surface area contributed by atoms with Crippen molar-refractivity contribution in [1.29, 1.82) is 0 Å². The lowest BCUT2D eigenvalue weighted by molar-refractivity contribution is 0.128. The Bertz CT molecular complexity index is 981. The number of hydrogen-bond acceptors (Lipinski definition) is 3. The molecular weight excluding hydrogens is 382 g/mol. The summed E-state index contributed by atoms with van der Waals surface area (Å²) in [7, 11) is -0.0335. The molecule has 2 atom stereocenters. The number of amides is 1. The number of benzene rings is 1. The zero-order valence-electron chi connectivity index (χ0n) is 14.9. The summed E-state index contributed by atoms with van der Waals surface area (Å²) in [5, 5.41) is 10.4. The van der Waals surface area contributed by atoms with Crippen molar-refractivity contribution in [1.82, 2.24) is 9.80 Å². The van der Waals surface area contributed by atoms with Crippen molar-refractivity contribution in [2.45, 2.75) is 12.6 Å². The van der Waals surface area contributed by atoms with Crippen molar-refractivity contribution < 1.29 is 9.90 Å². The molecule has 27 heavy (non-hydrogen) atoms. The summed E-state index contributed by atoms with van der Waals surface area (Å²) in [4.78, 5) is 20.5. The molecule has 0 bridgehead atoms. The Balaban J connectivity index is 1.68. The van der Waals surface area contributed by atoms with Crippen LogP contribution in [0.25, 0.3) is 0 Å². The fourth-order valence-corrected chi connectivity index (χ4v) is 6.84. The van der Waals surface area contributed by atoms with Gasteiger partial charge in [0.05, 0.1) is 22.2 Å². The molecular formula is C20H20ClN3O2S. The lowest BCUT2D eigenvalue weighted by Crippen LogP contribution is -2.48. The number of rotatable bonds is 1. The van der Waals surface area contributed by atoms with E-state index in [1.54, 1.807) is 4.90 Å². The van der Waals surface area contributed by atoms with Crippen LogP contribution in [0, 0.1) is 0 Å². The molecule has 7 heteroatoms. The van der Waals surface area contributed by atoms with Gasteiger partial charge in [-0.15, -0.1) is 10.5 Å². The minimum Gasteiger partial charge on any atom is -0.465 e. The highest BCUT2D eigenvalue weighted by molar-refractivity contribution is 8.19. The van der Waals surface area contributed by atoms with Gasteiger partial charge in [0, 0.05) is 29.8 Å². The van der Waals surface area contributed by atoms with Crippen LogP contribution in [0.2, 0.25) is 5.02 Å². The van der Waals surface area contributed by atoms with Crippen LogP contribution in [0.15, 0.2) is 58.7 Å². The summed E-state index contributed by atoms with van der Waals surface area (Å²) >= 11 is 6.49. The average Bonchev–Trinajstić information content (AvgIpc) is 3.30. The Hall–Kier alpha value is -2.02. The number of anilines is 1. The minimum absolute atomic E-state index is 0.0335. The molecule has 140 valence electrons. The van der Waals surface area contributed by atoms with Crippen LogP contribution in [0.5, 0.6) is 0 Å². The molecule has 1 aromatic rings. The Labute approximate surface area is 165 Å². The first-order chi connectivity index (χ1) is 13.1. The lowest BCUT2D eigenvalue weighted by atomic mass is 10.1. The van der Waals surface area contributed by atoms with Gasteiger partial charge in [0.1, 0.15) is 6.17 Å². The maximum Gasteiger partial charge on any atom is 0.408 e. The van der Waals surface area contributed by atoms with E-state index in [1.807, 2.05) is 24.3 Å². The molecule has 2 unspecified atom stereocenters. The molecule has 1 saturated heterocycles. The quantitative estimate of drug-likeness (QED) is 0.724. The largest absolute Gasteiger partial charge is 0.465 e. The topological polar surface area (TPSA) is 47.0 Å². The van der Waals surface area contributed by atoms with E-state index < -0.39 is 6.09 Å². The molecule has 0 spiro atoms. The normalized spacial score (nSPS) is 26.9. The third-order valence-corrected chi connectivity index (χ3v) is 8.08. The molecule has 5 rings (SSSR count). The summed E-state index contributed by atoms with van der Waals surface area (Å²) in [5.41, 5.74) is 3.54. The van der Waals surface area contributed by atoms with E-state index in [9.17, 15) is 9.90 Å². The van der Waals surface area contributed by atoms with Gasteiger partial charge in [0.25, 0.3) is 0 Å². The summed E-state index contributed by atoms with van der Waals surface area (Å²) in [6, 6.07) is 7.77. The van der Waals surface area contributed by atoms with Crippen molar-refractivity contribution in [3.05, 3.63) is 63.7 Å². The standard InChI is InChI=1S/C20H20ClN3O2S/c1-27-17-8-4-5-13(17)14-11-22(16-7-3-2-6-15(16)21)12-18-23(19(14)27)9-10-24(18)20(25)26/h2-4,6-8,11,18H,5,9-10,12H2,1H3,(H,25,26). The van der Waals surface area contributed by atoms with Crippen LogP contribution in [-0.2, 0) is 0 Å². The second-order valence-corrected chi connectivity index (χ2v) is 9.32. The van der Waals surface area contributed by atoms with Gasteiger partial charge in [-0.2, -0.15) is 0 Å². The number of carboxylic acid groups (broad SMARTS) is 1. The van der Waals surface area contributed by atoms with Crippen molar-refractivity contribution in [2.75, 3.05) is 30.8 Å². The van der Waals surface area contributed by atoms with Crippen molar-refractivity contribution in [3.8, 4) is 0 Å². The summed E-state index contributed by atoms with van der Waals surface area (Å²) in [6.07, 6.45) is 8.78. The van der Waals surface area contributed by atoms with E-state index in [-0.39, 0.29) is 16.6 Å². The SMILES string of the molecule is CS1=C2C(=CN(c3ccccc3Cl)CC3N(C(=O)O)CCN23)C2=C1C=CC2. The highest BCUT2D eigenvalue weighted by Crippen LogP contribution is 2.48. The Morgan fingerprint density at radius 2 is 2.11 bits per heavy atom. The van der Waals surface area contributed by atoms with E-state index in [1.165, 1.54) is 21.0 Å². The van der Waals surface area contributed by atoms with E-state index in [0.717, 1.165) is 18.7 Å². The average molecular weight is 402 g/mol. The Morgan fingerprint density at radius 1 is 1.30 bits per heavy atom. The molecule has 4 aliphatic rings. The maximum absolute atomic E-state index is 11.9. The van der Waals surface area contributed by atoms with Gasteiger partial charge in [-0.3, -0.25) is 4.90 Å². The van der Waals surface area contributed by atoms with E-state index in [4.69, 9.17) is 11.6 Å². The lowest BCUT2D eigenvalue weighted by Gasteiger charge is -2.31. The number of para-hydroxylation sites is 1. The molecule has 1 aliphatic carbocycles. The van der Waals surface area contributed by atoms with Gasteiger partial charge < -0.3 is 10.0 Å². The van der Waals surface area contributed by atoms with E-state index >= 15 is 0 Å². The second kappa shape index (κ2) is 6.26. The highest BCUT2D eigenvalue weighted by atomic mass is 35.5. The molecule has 1 N–H and O–H groups in total. The maximum atomic E-state index is 11.9. The predicted octanol–water partition coefficient (Wildman–Crippen LogP) is 3.92. The molecule has 3 aliphatic heterocycles. The molecule has 1 aromatic carbocycles. The monoisotopic (exact) mass is 401 g/mol. The highest BCUT2D eigenvalue weighted by Gasteiger charge is 2.44. The molecule has 1 amide bonds. The molecule has 0 aromatic heterocycles. The van der Waals surface area contributed by atoms with E-state index in [0.29, 0.717) is 18.1 Å². The number of hydrogen-bond donors (Lipinski definition) is 1. The molecule has 0 saturated carbocycles. The molecule has 1 fully saturated rings. The van der Waals surface area contributed by atoms with E-state index in [2.05, 4.69) is 34.4 Å². The van der Waals surface area contributed by atoms with Gasteiger partial charge in [0.15, 0.2) is 0 Å². The Kier molecular flexibility index (Phi) is 3.96. The minimum atomic E-state index is -0.861. The first-order valence-corrected chi connectivity index (χ1v) is 11.0. The molecule has 3 heterocycles. The second-order valence-electron chi connectivity index (χ2n) is 7.06. The number of halogens is 1. The fraction of sp³-hybridized carbons (Fsp3) is 0.300. The zero-order valence-corrected chi connectivity index (χ0v) is 16.5. The summed E-state index contributed by atoms with van der Waals surface area (Å²) in [6.45, 7) is 1.84. The van der Waals surface area contributed by atoms with Crippen molar-refractivity contribution >= 4 is 38.9 Å². The van der Waals surface area contributed by atoms with Crippen LogP contribution in [0.4, 0.5) is 10.5 Å². The third kappa shape index (κ3) is 2.51.